The maximum absolute atomic E-state index is 2.35. The molecule has 0 aromatic heterocycles. The van der Waals surface area contributed by atoms with Gasteiger partial charge in [0.1, 0.15) is 0 Å². The quantitative estimate of drug-likeness (QED) is 0.639. The lowest BCUT2D eigenvalue weighted by molar-refractivity contribution is 0.841. The van der Waals surface area contributed by atoms with E-state index in [-0.39, 0.29) is 0 Å². The van der Waals surface area contributed by atoms with Crippen LogP contribution < -0.4 is 0 Å². The highest BCUT2D eigenvalue weighted by molar-refractivity contribution is 5.38. The second-order valence-corrected chi connectivity index (χ2v) is 4.14. The van der Waals surface area contributed by atoms with Gasteiger partial charge in [-0.1, -0.05) is 32.9 Å². The molecule has 0 bridgehead atoms. The molecule has 1 rings (SSSR count). The molecule has 72 valence electrons. The highest BCUT2D eigenvalue weighted by Crippen LogP contribution is 2.23. The van der Waals surface area contributed by atoms with E-state index in [0.717, 1.165) is 6.42 Å². The summed E-state index contributed by atoms with van der Waals surface area (Å²) in [5, 5.41) is 0. The molecule has 0 radical (unpaired) electrons. The highest BCUT2D eigenvalue weighted by Gasteiger charge is 2.06. The van der Waals surface area contributed by atoms with Gasteiger partial charge in [-0.3, -0.25) is 0 Å². The Morgan fingerprint density at radius 1 is 1.08 bits per heavy atom. The van der Waals surface area contributed by atoms with E-state index >= 15 is 0 Å². The second-order valence-electron chi connectivity index (χ2n) is 4.14. The molecule has 0 N–H and O–H groups in total. The van der Waals surface area contributed by atoms with Crippen LogP contribution in [-0.2, 0) is 6.42 Å². The SMILES string of the molecule is CCc1cc(C)c(C)cc1C(C)C. The van der Waals surface area contributed by atoms with Gasteiger partial charge in [-0.15, -0.1) is 0 Å². The maximum atomic E-state index is 2.35. The number of benzene rings is 1. The zero-order valence-electron chi connectivity index (χ0n) is 9.44. The molecule has 0 spiro atoms. The number of hydrogen-bond acceptors (Lipinski definition) is 0. The molecule has 0 saturated carbocycles. The van der Waals surface area contributed by atoms with Crippen molar-refractivity contribution in [3.8, 4) is 0 Å². The maximum Gasteiger partial charge on any atom is -0.0216 e. The minimum atomic E-state index is 0.647. The fraction of sp³-hybridized carbons (Fsp3) is 0.538. The van der Waals surface area contributed by atoms with Gasteiger partial charge in [0.25, 0.3) is 0 Å². The number of aryl methyl sites for hydroxylation is 3. The highest BCUT2D eigenvalue weighted by atomic mass is 14.1. The van der Waals surface area contributed by atoms with Crippen LogP contribution in [0.4, 0.5) is 0 Å². The number of hydrogen-bond donors (Lipinski definition) is 0. The smallest absolute Gasteiger partial charge is 0.0216 e. The van der Waals surface area contributed by atoms with Gasteiger partial charge in [-0.2, -0.15) is 0 Å². The van der Waals surface area contributed by atoms with E-state index in [1.165, 1.54) is 22.3 Å². The van der Waals surface area contributed by atoms with Crippen LogP contribution in [0.5, 0.6) is 0 Å². The monoisotopic (exact) mass is 176 g/mol. The molecule has 0 aliphatic carbocycles. The van der Waals surface area contributed by atoms with Crippen molar-refractivity contribution < 1.29 is 0 Å². The molecule has 1 aromatic carbocycles. The lowest BCUT2D eigenvalue weighted by atomic mass is 9.92. The zero-order valence-corrected chi connectivity index (χ0v) is 9.44. The van der Waals surface area contributed by atoms with Crippen LogP contribution in [0.15, 0.2) is 12.1 Å². The molecule has 0 nitrogen and oxygen atoms in total. The molecule has 0 unspecified atom stereocenters. The average Bonchev–Trinajstić information content (AvgIpc) is 2.08. The molecule has 0 atom stereocenters. The first-order chi connectivity index (χ1) is 6.06. The van der Waals surface area contributed by atoms with Crippen LogP contribution in [0.25, 0.3) is 0 Å². The van der Waals surface area contributed by atoms with Crippen LogP contribution >= 0.6 is 0 Å². The van der Waals surface area contributed by atoms with Crippen molar-refractivity contribution in [2.75, 3.05) is 0 Å². The molecule has 0 aliphatic rings. The molecule has 0 aliphatic heterocycles. The summed E-state index contributed by atoms with van der Waals surface area (Å²) in [7, 11) is 0. The Kier molecular flexibility index (Phi) is 3.13. The molecule has 0 fully saturated rings. The normalized spacial score (nSPS) is 10.9. The largest absolute Gasteiger partial charge is 0.0613 e. The first-order valence-corrected chi connectivity index (χ1v) is 5.16. The lowest BCUT2D eigenvalue weighted by Gasteiger charge is -2.14. The summed E-state index contributed by atoms with van der Waals surface area (Å²) in [6.45, 7) is 11.2. The summed E-state index contributed by atoms with van der Waals surface area (Å²) in [4.78, 5) is 0. The average molecular weight is 176 g/mol. The fourth-order valence-corrected chi connectivity index (χ4v) is 1.74. The molecular weight excluding hydrogens is 156 g/mol. The van der Waals surface area contributed by atoms with Gasteiger partial charge in [0, 0.05) is 0 Å². The van der Waals surface area contributed by atoms with Crippen molar-refractivity contribution >= 4 is 0 Å². The second kappa shape index (κ2) is 3.95. The van der Waals surface area contributed by atoms with Crippen LogP contribution in [0.1, 0.15) is 48.9 Å². The Balaban J connectivity index is 3.25. The third-order valence-corrected chi connectivity index (χ3v) is 2.76. The van der Waals surface area contributed by atoms with Crippen LogP contribution in [-0.4, -0.2) is 0 Å². The molecule has 0 amide bonds. The van der Waals surface area contributed by atoms with Gasteiger partial charge in [-0.25, -0.2) is 0 Å². The van der Waals surface area contributed by atoms with Gasteiger partial charge in [0.05, 0.1) is 0 Å². The van der Waals surface area contributed by atoms with E-state index in [4.69, 9.17) is 0 Å². The van der Waals surface area contributed by atoms with Gasteiger partial charge >= 0.3 is 0 Å². The Hall–Kier alpha value is -0.780. The predicted octanol–water partition coefficient (Wildman–Crippen LogP) is 3.99. The Morgan fingerprint density at radius 2 is 1.62 bits per heavy atom. The number of rotatable bonds is 2. The van der Waals surface area contributed by atoms with Crippen molar-refractivity contribution in [3.63, 3.8) is 0 Å². The van der Waals surface area contributed by atoms with E-state index in [2.05, 4.69) is 46.8 Å². The summed E-state index contributed by atoms with van der Waals surface area (Å²) in [5.74, 6) is 0.647. The van der Waals surface area contributed by atoms with Gasteiger partial charge < -0.3 is 0 Å². The minimum Gasteiger partial charge on any atom is -0.0613 e. The summed E-state index contributed by atoms with van der Waals surface area (Å²) < 4.78 is 0. The van der Waals surface area contributed by atoms with Crippen molar-refractivity contribution in [1.82, 2.24) is 0 Å². The summed E-state index contributed by atoms with van der Waals surface area (Å²) in [5.41, 5.74) is 5.87. The van der Waals surface area contributed by atoms with Crippen molar-refractivity contribution in [1.29, 1.82) is 0 Å². The van der Waals surface area contributed by atoms with Gasteiger partial charge in [-0.05, 0) is 48.4 Å². The lowest BCUT2D eigenvalue weighted by Crippen LogP contribution is -1.97. The van der Waals surface area contributed by atoms with Crippen molar-refractivity contribution in [2.24, 2.45) is 0 Å². The van der Waals surface area contributed by atoms with E-state index in [1.807, 2.05) is 0 Å². The molecule has 1 aromatic rings. The third kappa shape index (κ3) is 2.12. The van der Waals surface area contributed by atoms with E-state index < -0.39 is 0 Å². The van der Waals surface area contributed by atoms with Crippen molar-refractivity contribution in [2.45, 2.75) is 47.0 Å². The summed E-state index contributed by atoms with van der Waals surface area (Å²) >= 11 is 0. The Labute approximate surface area is 82.0 Å². The van der Waals surface area contributed by atoms with Crippen molar-refractivity contribution in [3.05, 3.63) is 34.4 Å². The fourth-order valence-electron chi connectivity index (χ4n) is 1.74. The van der Waals surface area contributed by atoms with Gasteiger partial charge in [0.2, 0.25) is 0 Å². The molecule has 0 saturated heterocycles. The topological polar surface area (TPSA) is 0 Å². The van der Waals surface area contributed by atoms with E-state index in [1.54, 1.807) is 0 Å². The van der Waals surface area contributed by atoms with Crippen LogP contribution in [0, 0.1) is 13.8 Å². The summed E-state index contributed by atoms with van der Waals surface area (Å²) in [6.07, 6.45) is 1.15. The van der Waals surface area contributed by atoms with Gasteiger partial charge in [0.15, 0.2) is 0 Å². The predicted molar refractivity (Wildman–Crippen MR) is 59.4 cm³/mol. The first kappa shape index (κ1) is 10.3. The molecule has 0 heteroatoms. The molecule has 13 heavy (non-hydrogen) atoms. The molecular formula is C13H20. The van der Waals surface area contributed by atoms with E-state index in [0.29, 0.717) is 5.92 Å². The Bertz CT molecular complexity index is 295. The van der Waals surface area contributed by atoms with E-state index in [9.17, 15) is 0 Å². The van der Waals surface area contributed by atoms with Crippen LogP contribution in [0.3, 0.4) is 0 Å². The first-order valence-electron chi connectivity index (χ1n) is 5.16. The summed E-state index contributed by atoms with van der Waals surface area (Å²) in [6, 6.07) is 4.68. The Morgan fingerprint density at radius 3 is 2.08 bits per heavy atom. The van der Waals surface area contributed by atoms with Crippen LogP contribution in [0.2, 0.25) is 0 Å². The zero-order chi connectivity index (χ0) is 10.0. The molecule has 0 heterocycles. The minimum absolute atomic E-state index is 0.647. The standard InChI is InChI=1S/C13H20/c1-6-12-7-10(4)11(5)8-13(12)9(2)3/h7-9H,6H2,1-5H3. The third-order valence-electron chi connectivity index (χ3n) is 2.76.